The van der Waals surface area contributed by atoms with Gasteiger partial charge in [0, 0.05) is 41.6 Å². The third kappa shape index (κ3) is 2.82. The second-order valence-corrected chi connectivity index (χ2v) is 8.16. The van der Waals surface area contributed by atoms with Gasteiger partial charge in [-0.25, -0.2) is 0 Å². The van der Waals surface area contributed by atoms with Gasteiger partial charge in [-0.2, -0.15) is 0 Å². The van der Waals surface area contributed by atoms with E-state index in [2.05, 4.69) is 0 Å². The minimum Gasteiger partial charge on any atom is -0.481 e. The zero-order chi connectivity index (χ0) is 17.8. The highest BCUT2D eigenvalue weighted by Gasteiger charge is 2.57. The molecule has 2 aliphatic heterocycles. The summed E-state index contributed by atoms with van der Waals surface area (Å²) in [6, 6.07) is 5.35. The van der Waals surface area contributed by atoms with Crippen LogP contribution in [0, 0.1) is 17.3 Å². The number of carbonyl (C=O) groups excluding carboxylic acids is 1. The van der Waals surface area contributed by atoms with E-state index in [0.29, 0.717) is 36.2 Å². The molecule has 25 heavy (non-hydrogen) atoms. The van der Waals surface area contributed by atoms with Crippen LogP contribution >= 0.6 is 23.2 Å². The van der Waals surface area contributed by atoms with Crippen molar-refractivity contribution in [3.8, 4) is 0 Å². The summed E-state index contributed by atoms with van der Waals surface area (Å²) in [5.41, 5.74) is 0.0910. The first-order chi connectivity index (χ1) is 11.9. The predicted molar refractivity (Wildman–Crippen MR) is 92.9 cm³/mol. The molecule has 5 nitrogen and oxygen atoms in total. The number of carbonyl (C=O) groups is 2. The van der Waals surface area contributed by atoms with Gasteiger partial charge >= 0.3 is 5.97 Å². The molecule has 1 aromatic carbocycles. The molecule has 1 aliphatic carbocycles. The lowest BCUT2D eigenvalue weighted by Gasteiger charge is -2.33. The minimum absolute atomic E-state index is 0.0334. The molecular weight excluding hydrogens is 365 g/mol. The maximum atomic E-state index is 12.9. The van der Waals surface area contributed by atoms with E-state index in [1.54, 1.807) is 17.0 Å². The molecule has 1 aromatic rings. The fourth-order valence-corrected chi connectivity index (χ4v) is 4.86. The summed E-state index contributed by atoms with van der Waals surface area (Å²) in [4.78, 5) is 26.5. The molecule has 0 bridgehead atoms. The molecule has 1 N–H and O–H groups in total. The Bertz CT molecular complexity index is 740. The van der Waals surface area contributed by atoms with E-state index < -0.39 is 11.4 Å². The van der Waals surface area contributed by atoms with Crippen molar-refractivity contribution in [1.82, 2.24) is 4.90 Å². The van der Waals surface area contributed by atoms with E-state index in [0.717, 1.165) is 12.0 Å². The molecule has 4 atom stereocenters. The van der Waals surface area contributed by atoms with Gasteiger partial charge in [0.25, 0.3) is 0 Å². The van der Waals surface area contributed by atoms with Crippen molar-refractivity contribution in [1.29, 1.82) is 0 Å². The molecule has 0 spiro atoms. The number of likely N-dealkylation sites (tertiary alicyclic amines) is 1. The molecule has 2 unspecified atom stereocenters. The Morgan fingerprint density at radius 2 is 2.12 bits per heavy atom. The Hall–Kier alpha value is -1.30. The van der Waals surface area contributed by atoms with Crippen LogP contribution in [-0.4, -0.2) is 48.2 Å². The minimum atomic E-state index is -0.851. The van der Waals surface area contributed by atoms with Crippen LogP contribution in [0.3, 0.4) is 0 Å². The summed E-state index contributed by atoms with van der Waals surface area (Å²) in [6.45, 7) is 1.60. The number of amides is 1. The molecular formula is C18H19Cl2NO4. The van der Waals surface area contributed by atoms with Gasteiger partial charge in [0.2, 0.25) is 5.91 Å². The Morgan fingerprint density at radius 1 is 1.32 bits per heavy atom. The van der Waals surface area contributed by atoms with Crippen LogP contribution in [0.2, 0.25) is 10.0 Å². The zero-order valence-electron chi connectivity index (χ0n) is 13.6. The number of halogens is 2. The van der Waals surface area contributed by atoms with Crippen LogP contribution in [0.15, 0.2) is 18.2 Å². The molecule has 0 radical (unpaired) electrons. The van der Waals surface area contributed by atoms with Crippen LogP contribution in [0.25, 0.3) is 0 Å². The lowest BCUT2D eigenvalue weighted by Crippen LogP contribution is -2.45. The quantitative estimate of drug-likeness (QED) is 0.870. The summed E-state index contributed by atoms with van der Waals surface area (Å²) in [5, 5.41) is 10.9. The number of carboxylic acid groups (broad SMARTS) is 1. The SMILES string of the molecule is O=C(C1CC1c1ccc(Cl)cc1Cl)N1C[C@H]2COCC[C@@]2(C(=O)O)C1. The maximum Gasteiger partial charge on any atom is 0.311 e. The van der Waals surface area contributed by atoms with Crippen LogP contribution < -0.4 is 0 Å². The summed E-state index contributed by atoms with van der Waals surface area (Å²) in [7, 11) is 0. The van der Waals surface area contributed by atoms with Crippen molar-refractivity contribution in [2.75, 3.05) is 26.3 Å². The number of nitrogens with zero attached hydrogens (tertiary/aromatic N) is 1. The highest BCUT2D eigenvalue weighted by molar-refractivity contribution is 6.35. The van der Waals surface area contributed by atoms with Crippen molar-refractivity contribution >= 4 is 35.1 Å². The zero-order valence-corrected chi connectivity index (χ0v) is 15.1. The third-order valence-corrected chi connectivity index (χ3v) is 6.48. The van der Waals surface area contributed by atoms with Gasteiger partial charge in [0.05, 0.1) is 12.0 Å². The second-order valence-electron chi connectivity index (χ2n) is 7.32. The largest absolute Gasteiger partial charge is 0.481 e. The van der Waals surface area contributed by atoms with Gasteiger partial charge in [-0.1, -0.05) is 29.3 Å². The fourth-order valence-electron chi connectivity index (χ4n) is 4.32. The molecule has 2 heterocycles. The first-order valence-electron chi connectivity index (χ1n) is 8.47. The Kier molecular flexibility index (Phi) is 4.21. The van der Waals surface area contributed by atoms with E-state index in [9.17, 15) is 14.7 Å². The maximum absolute atomic E-state index is 12.9. The van der Waals surface area contributed by atoms with E-state index in [1.165, 1.54) is 0 Å². The van der Waals surface area contributed by atoms with Gasteiger partial charge in [-0.15, -0.1) is 0 Å². The number of benzene rings is 1. The highest BCUT2D eigenvalue weighted by Crippen LogP contribution is 2.52. The first-order valence-corrected chi connectivity index (χ1v) is 9.23. The summed E-state index contributed by atoms with van der Waals surface area (Å²) in [6.07, 6.45) is 1.21. The molecule has 3 fully saturated rings. The smallest absolute Gasteiger partial charge is 0.311 e. The monoisotopic (exact) mass is 383 g/mol. The molecule has 134 valence electrons. The third-order valence-electron chi connectivity index (χ3n) is 5.91. The lowest BCUT2D eigenvalue weighted by molar-refractivity contribution is -0.157. The number of ether oxygens (including phenoxy) is 1. The second kappa shape index (κ2) is 6.15. The van der Waals surface area contributed by atoms with Crippen molar-refractivity contribution in [3.05, 3.63) is 33.8 Å². The van der Waals surface area contributed by atoms with Crippen molar-refractivity contribution in [2.45, 2.75) is 18.8 Å². The van der Waals surface area contributed by atoms with Crippen LogP contribution in [0.4, 0.5) is 0 Å². The fraction of sp³-hybridized carbons (Fsp3) is 0.556. The Balaban J connectivity index is 1.49. The van der Waals surface area contributed by atoms with Crippen molar-refractivity contribution in [3.63, 3.8) is 0 Å². The highest BCUT2D eigenvalue weighted by atomic mass is 35.5. The molecule has 1 amide bonds. The normalized spacial score (nSPS) is 33.8. The molecule has 4 rings (SSSR count). The predicted octanol–water partition coefficient (Wildman–Crippen LogP) is 3.05. The van der Waals surface area contributed by atoms with Gasteiger partial charge in [0.1, 0.15) is 0 Å². The number of hydrogen-bond acceptors (Lipinski definition) is 3. The number of fused-ring (bicyclic) bond motifs is 1. The van der Waals surface area contributed by atoms with E-state index in [-0.39, 0.29) is 30.2 Å². The topological polar surface area (TPSA) is 66.8 Å². The molecule has 7 heteroatoms. The number of carboxylic acids is 1. The van der Waals surface area contributed by atoms with E-state index in [4.69, 9.17) is 27.9 Å². The molecule has 2 saturated heterocycles. The van der Waals surface area contributed by atoms with Crippen LogP contribution in [-0.2, 0) is 14.3 Å². The van der Waals surface area contributed by atoms with Gasteiger partial charge in [0.15, 0.2) is 0 Å². The van der Waals surface area contributed by atoms with Gasteiger partial charge in [-0.3, -0.25) is 9.59 Å². The first kappa shape index (κ1) is 17.1. The molecule has 3 aliphatic rings. The van der Waals surface area contributed by atoms with Crippen LogP contribution in [0.1, 0.15) is 24.3 Å². The van der Waals surface area contributed by atoms with E-state index in [1.807, 2.05) is 6.07 Å². The summed E-state index contributed by atoms with van der Waals surface area (Å²) >= 11 is 12.2. The number of hydrogen-bond donors (Lipinski definition) is 1. The molecule has 0 aromatic heterocycles. The standard InChI is InChI=1S/C18H19Cl2NO4/c19-11-1-2-12(15(20)5-11)13-6-14(13)16(22)21-7-10-8-25-4-3-18(10,9-21)17(23)24/h1-2,5,10,13-14H,3-4,6-9H2,(H,23,24)/t10-,13?,14?,18+/m0/s1. The number of aliphatic carboxylic acids is 1. The van der Waals surface area contributed by atoms with Gasteiger partial charge in [-0.05, 0) is 36.5 Å². The Morgan fingerprint density at radius 3 is 2.80 bits per heavy atom. The van der Waals surface area contributed by atoms with Crippen molar-refractivity contribution < 1.29 is 19.4 Å². The lowest BCUT2D eigenvalue weighted by atomic mass is 9.74. The van der Waals surface area contributed by atoms with Crippen molar-refractivity contribution in [2.24, 2.45) is 17.3 Å². The average Bonchev–Trinajstić information content (AvgIpc) is 3.24. The Labute approximate surface area is 155 Å². The number of rotatable bonds is 3. The van der Waals surface area contributed by atoms with Crippen LogP contribution in [0.5, 0.6) is 0 Å². The average molecular weight is 384 g/mol. The molecule has 1 saturated carbocycles. The summed E-state index contributed by atoms with van der Waals surface area (Å²) in [5.74, 6) is -0.934. The summed E-state index contributed by atoms with van der Waals surface area (Å²) < 4.78 is 5.45. The van der Waals surface area contributed by atoms with E-state index >= 15 is 0 Å². The van der Waals surface area contributed by atoms with Gasteiger partial charge < -0.3 is 14.7 Å².